The molecule has 0 spiro atoms. The highest BCUT2D eigenvalue weighted by molar-refractivity contribution is 6.13. The summed E-state index contributed by atoms with van der Waals surface area (Å²) in [7, 11) is 1.99. The van der Waals surface area contributed by atoms with Gasteiger partial charge in [0, 0.05) is 35.8 Å². The van der Waals surface area contributed by atoms with Crippen molar-refractivity contribution in [2.45, 2.75) is 38.5 Å². The topological polar surface area (TPSA) is 55.8 Å². The molecule has 3 aromatic rings. The van der Waals surface area contributed by atoms with Gasteiger partial charge in [-0.15, -0.1) is 0 Å². The lowest BCUT2D eigenvalue weighted by Crippen LogP contribution is -2.33. The number of fused-ring (bicyclic) bond motifs is 3. The standard InChI is InChI=1S/C25H29N5/c1-16(2)18-9-10-21-20(13-18)24-22(28-21)14-19(17-7-5-4-6-8-17)15-23(24)29-30(3)25-26-11-12-27-25/h4-10,13,16,19,28H,11-12,14-15H2,1-3H3,(H,26,27). The highest BCUT2D eigenvalue weighted by Crippen LogP contribution is 2.37. The molecule has 30 heavy (non-hydrogen) atoms. The first kappa shape index (κ1) is 18.9. The zero-order valence-electron chi connectivity index (χ0n) is 17.9. The fraction of sp³-hybridized carbons (Fsp3) is 0.360. The molecule has 2 aromatic carbocycles. The zero-order chi connectivity index (χ0) is 20.7. The molecule has 5 nitrogen and oxygen atoms in total. The number of H-pyrrole nitrogens is 1. The lowest BCUT2D eigenvalue weighted by atomic mass is 9.81. The number of hydrogen-bond acceptors (Lipinski definition) is 4. The molecule has 2 heterocycles. The number of benzene rings is 2. The van der Waals surface area contributed by atoms with E-state index in [2.05, 4.69) is 77.7 Å². The summed E-state index contributed by atoms with van der Waals surface area (Å²) < 4.78 is 0. The highest BCUT2D eigenvalue weighted by Gasteiger charge is 2.29. The van der Waals surface area contributed by atoms with Crippen molar-refractivity contribution >= 4 is 22.6 Å². The Morgan fingerprint density at radius 2 is 1.93 bits per heavy atom. The second-order valence-electron chi connectivity index (χ2n) is 8.66. The average molecular weight is 400 g/mol. The Bertz CT molecular complexity index is 1120. The maximum atomic E-state index is 5.07. The molecule has 1 aliphatic carbocycles. The number of hydrogen-bond donors (Lipinski definition) is 2. The van der Waals surface area contributed by atoms with Crippen molar-refractivity contribution in [3.8, 4) is 0 Å². The number of nitrogens with zero attached hydrogens (tertiary/aromatic N) is 3. The molecule has 5 rings (SSSR count). The second kappa shape index (κ2) is 7.63. The van der Waals surface area contributed by atoms with Crippen LogP contribution in [0.4, 0.5) is 0 Å². The summed E-state index contributed by atoms with van der Waals surface area (Å²) in [5.74, 6) is 1.77. The molecule has 1 atom stereocenters. The van der Waals surface area contributed by atoms with Gasteiger partial charge in [0.05, 0.1) is 12.3 Å². The van der Waals surface area contributed by atoms with E-state index in [0.717, 1.165) is 37.6 Å². The summed E-state index contributed by atoms with van der Waals surface area (Å²) in [6.07, 6.45) is 1.93. The largest absolute Gasteiger partial charge is 0.358 e. The van der Waals surface area contributed by atoms with E-state index in [0.29, 0.717) is 11.8 Å². The molecule has 0 saturated heterocycles. The predicted octanol–water partition coefficient (Wildman–Crippen LogP) is 4.62. The fourth-order valence-electron chi connectivity index (χ4n) is 4.64. The molecule has 1 aromatic heterocycles. The van der Waals surface area contributed by atoms with E-state index in [1.807, 2.05) is 12.1 Å². The monoisotopic (exact) mass is 399 g/mol. The highest BCUT2D eigenvalue weighted by atomic mass is 15.5. The van der Waals surface area contributed by atoms with E-state index in [1.165, 1.54) is 33.3 Å². The molecule has 2 N–H and O–H groups in total. The average Bonchev–Trinajstić information content (AvgIpc) is 3.41. The Labute approximate surface area is 177 Å². The number of aliphatic imine (C=N–C) groups is 1. The molecule has 1 aliphatic heterocycles. The number of aromatic nitrogens is 1. The van der Waals surface area contributed by atoms with Crippen molar-refractivity contribution in [3.05, 3.63) is 70.9 Å². The van der Waals surface area contributed by atoms with Crippen LogP contribution in [-0.4, -0.2) is 41.8 Å². The number of rotatable bonds is 3. The Balaban J connectivity index is 1.63. The van der Waals surface area contributed by atoms with Gasteiger partial charge >= 0.3 is 0 Å². The molecular formula is C25H29N5. The van der Waals surface area contributed by atoms with Crippen molar-refractivity contribution in [1.29, 1.82) is 0 Å². The zero-order valence-corrected chi connectivity index (χ0v) is 17.9. The normalized spacial score (nSPS) is 19.8. The first-order valence-corrected chi connectivity index (χ1v) is 10.9. The van der Waals surface area contributed by atoms with Crippen LogP contribution < -0.4 is 5.32 Å². The maximum absolute atomic E-state index is 5.07. The molecule has 0 bridgehead atoms. The lowest BCUT2D eigenvalue weighted by molar-refractivity contribution is 0.521. The smallest absolute Gasteiger partial charge is 0.214 e. The van der Waals surface area contributed by atoms with Gasteiger partial charge < -0.3 is 10.3 Å². The summed E-state index contributed by atoms with van der Waals surface area (Å²) in [4.78, 5) is 8.25. The summed E-state index contributed by atoms with van der Waals surface area (Å²) >= 11 is 0. The maximum Gasteiger partial charge on any atom is 0.214 e. The van der Waals surface area contributed by atoms with Crippen LogP contribution in [0.5, 0.6) is 0 Å². The molecule has 2 aliphatic rings. The number of nitrogens with one attached hydrogen (secondary N) is 2. The fourth-order valence-corrected chi connectivity index (χ4v) is 4.64. The third kappa shape index (κ3) is 3.38. The summed E-state index contributed by atoms with van der Waals surface area (Å²) in [6, 6.07) is 17.6. The van der Waals surface area contributed by atoms with Gasteiger partial charge in [0.1, 0.15) is 0 Å². The minimum Gasteiger partial charge on any atom is -0.358 e. The third-order valence-corrected chi connectivity index (χ3v) is 6.25. The van der Waals surface area contributed by atoms with E-state index in [-0.39, 0.29) is 0 Å². The number of hydrazone groups is 1. The van der Waals surface area contributed by atoms with Gasteiger partial charge in [-0.1, -0.05) is 50.2 Å². The van der Waals surface area contributed by atoms with Crippen molar-refractivity contribution in [3.63, 3.8) is 0 Å². The first-order valence-electron chi connectivity index (χ1n) is 10.9. The van der Waals surface area contributed by atoms with Crippen LogP contribution in [0.3, 0.4) is 0 Å². The van der Waals surface area contributed by atoms with Gasteiger partial charge in [0.15, 0.2) is 0 Å². The Hall–Kier alpha value is -3.08. The molecule has 0 amide bonds. The Kier molecular flexibility index (Phi) is 4.81. The van der Waals surface area contributed by atoms with Crippen LogP contribution in [-0.2, 0) is 6.42 Å². The van der Waals surface area contributed by atoms with Gasteiger partial charge in [-0.05, 0) is 47.9 Å². The summed E-state index contributed by atoms with van der Waals surface area (Å²) in [5, 5.41) is 11.6. The second-order valence-corrected chi connectivity index (χ2v) is 8.66. The van der Waals surface area contributed by atoms with Gasteiger partial charge in [-0.3, -0.25) is 0 Å². The van der Waals surface area contributed by atoms with E-state index >= 15 is 0 Å². The van der Waals surface area contributed by atoms with Gasteiger partial charge in [0.25, 0.3) is 0 Å². The molecule has 0 saturated carbocycles. The summed E-state index contributed by atoms with van der Waals surface area (Å²) in [6.45, 7) is 6.19. The minimum atomic E-state index is 0.418. The van der Waals surface area contributed by atoms with Gasteiger partial charge in [-0.25, -0.2) is 10.0 Å². The molecule has 154 valence electrons. The van der Waals surface area contributed by atoms with Gasteiger partial charge in [-0.2, -0.15) is 5.10 Å². The molecule has 5 heteroatoms. The van der Waals surface area contributed by atoms with Crippen molar-refractivity contribution in [2.75, 3.05) is 20.1 Å². The molecular weight excluding hydrogens is 370 g/mol. The van der Waals surface area contributed by atoms with Crippen LogP contribution >= 0.6 is 0 Å². The van der Waals surface area contributed by atoms with E-state index in [4.69, 9.17) is 5.10 Å². The minimum absolute atomic E-state index is 0.418. The molecule has 1 unspecified atom stereocenters. The van der Waals surface area contributed by atoms with Gasteiger partial charge in [0.2, 0.25) is 5.96 Å². The quantitative estimate of drug-likeness (QED) is 0.632. The first-order chi connectivity index (χ1) is 14.6. The Morgan fingerprint density at radius 3 is 2.67 bits per heavy atom. The predicted molar refractivity (Wildman–Crippen MR) is 124 cm³/mol. The van der Waals surface area contributed by atoms with Crippen LogP contribution in [0, 0.1) is 0 Å². The number of guanidine groups is 1. The van der Waals surface area contributed by atoms with Crippen LogP contribution in [0.15, 0.2) is 58.6 Å². The van der Waals surface area contributed by atoms with Crippen LogP contribution in [0.1, 0.15) is 54.5 Å². The van der Waals surface area contributed by atoms with Crippen molar-refractivity contribution in [1.82, 2.24) is 15.3 Å². The lowest BCUT2D eigenvalue weighted by Gasteiger charge is -2.26. The Morgan fingerprint density at radius 1 is 1.10 bits per heavy atom. The van der Waals surface area contributed by atoms with Crippen molar-refractivity contribution < 1.29 is 0 Å². The summed E-state index contributed by atoms with van der Waals surface area (Å²) in [5.41, 5.74) is 7.64. The van der Waals surface area contributed by atoms with Crippen LogP contribution in [0.25, 0.3) is 10.9 Å². The van der Waals surface area contributed by atoms with Crippen molar-refractivity contribution in [2.24, 2.45) is 10.1 Å². The third-order valence-electron chi connectivity index (χ3n) is 6.25. The van der Waals surface area contributed by atoms with E-state index in [1.54, 1.807) is 0 Å². The molecule has 0 radical (unpaired) electrons. The SMILES string of the molecule is CC(C)c1ccc2[nH]c3c(c2c1)C(=NN(C)C1=NCCN1)CC(c1ccccc1)C3. The molecule has 0 fully saturated rings. The van der Waals surface area contributed by atoms with Crippen LogP contribution in [0.2, 0.25) is 0 Å². The van der Waals surface area contributed by atoms with E-state index in [9.17, 15) is 0 Å². The van der Waals surface area contributed by atoms with E-state index < -0.39 is 0 Å². The number of aromatic amines is 1.